The van der Waals surface area contributed by atoms with Crippen molar-refractivity contribution in [2.45, 2.75) is 28.9 Å². The number of aliphatic hydroxyl groups excluding tert-OH is 1. The molecule has 2 aromatic rings. The Morgan fingerprint density at radius 1 is 1.48 bits per heavy atom. The van der Waals surface area contributed by atoms with Crippen molar-refractivity contribution < 1.29 is 14.3 Å². The zero-order valence-corrected chi connectivity index (χ0v) is 12.8. The quantitative estimate of drug-likeness (QED) is 0.873. The molecule has 2 aromatic heterocycles. The molecule has 2 atom stereocenters. The van der Waals surface area contributed by atoms with Crippen molar-refractivity contribution in [1.82, 2.24) is 19.7 Å². The van der Waals surface area contributed by atoms with Crippen LogP contribution in [0.1, 0.15) is 5.76 Å². The van der Waals surface area contributed by atoms with Gasteiger partial charge in [-0.2, -0.15) is 0 Å². The second kappa shape index (κ2) is 6.18. The van der Waals surface area contributed by atoms with Gasteiger partial charge in [-0.05, 0) is 30.9 Å². The third kappa shape index (κ3) is 3.29. The molecule has 7 nitrogen and oxygen atoms in total. The largest absolute Gasteiger partial charge is 0.453 e. The molecule has 1 aliphatic rings. The summed E-state index contributed by atoms with van der Waals surface area (Å²) in [5, 5.41) is 19.2. The number of aliphatic hydroxyl groups is 1. The lowest BCUT2D eigenvalue weighted by Crippen LogP contribution is -2.39. The highest BCUT2D eigenvalue weighted by atomic mass is 32.2. The predicted molar refractivity (Wildman–Crippen MR) is 75.9 cm³/mol. The fourth-order valence-electron chi connectivity index (χ4n) is 2.27. The molecule has 0 aromatic carbocycles. The minimum absolute atomic E-state index is 0.0185. The third-order valence-corrected chi connectivity index (χ3v) is 4.46. The first-order valence-corrected chi connectivity index (χ1v) is 7.52. The van der Waals surface area contributed by atoms with Crippen molar-refractivity contribution in [3.8, 4) is 0 Å². The van der Waals surface area contributed by atoms with E-state index in [1.807, 2.05) is 35.7 Å². The number of aromatic nitrogens is 3. The van der Waals surface area contributed by atoms with Crippen LogP contribution >= 0.6 is 11.8 Å². The van der Waals surface area contributed by atoms with Gasteiger partial charge in [0, 0.05) is 7.05 Å². The Morgan fingerprint density at radius 2 is 2.33 bits per heavy atom. The predicted octanol–water partition coefficient (Wildman–Crippen LogP) is 0.751. The van der Waals surface area contributed by atoms with Gasteiger partial charge < -0.3 is 18.8 Å². The Labute approximate surface area is 126 Å². The van der Waals surface area contributed by atoms with Crippen LogP contribution in [0.15, 0.2) is 33.1 Å². The van der Waals surface area contributed by atoms with Gasteiger partial charge in [-0.25, -0.2) is 0 Å². The number of furan rings is 1. The van der Waals surface area contributed by atoms with Gasteiger partial charge >= 0.3 is 0 Å². The van der Waals surface area contributed by atoms with Gasteiger partial charge in [-0.1, -0.05) is 0 Å². The molecule has 21 heavy (non-hydrogen) atoms. The summed E-state index contributed by atoms with van der Waals surface area (Å²) in [5.41, 5.74) is 0. The van der Waals surface area contributed by atoms with E-state index in [0.717, 1.165) is 16.0 Å². The summed E-state index contributed by atoms with van der Waals surface area (Å²) in [6.45, 7) is 1.59. The van der Waals surface area contributed by atoms with E-state index in [1.54, 1.807) is 6.33 Å². The van der Waals surface area contributed by atoms with E-state index in [0.29, 0.717) is 19.8 Å². The number of hydrogen-bond donors (Lipinski definition) is 1. The van der Waals surface area contributed by atoms with Crippen LogP contribution in [-0.4, -0.2) is 57.2 Å². The first-order valence-electron chi connectivity index (χ1n) is 6.70. The second-order valence-electron chi connectivity index (χ2n) is 5.13. The van der Waals surface area contributed by atoms with Crippen molar-refractivity contribution in [3.63, 3.8) is 0 Å². The highest BCUT2D eigenvalue weighted by Crippen LogP contribution is 2.27. The molecule has 0 saturated carbocycles. The van der Waals surface area contributed by atoms with Gasteiger partial charge in [0.05, 0.1) is 31.9 Å². The highest BCUT2D eigenvalue weighted by Gasteiger charge is 2.30. The Balaban J connectivity index is 1.61. The maximum atomic E-state index is 9.82. The number of rotatable bonds is 5. The van der Waals surface area contributed by atoms with Gasteiger partial charge in [0.1, 0.15) is 12.1 Å². The average Bonchev–Trinajstić information content (AvgIpc) is 3.14. The molecule has 3 rings (SSSR count). The summed E-state index contributed by atoms with van der Waals surface area (Å²) in [4.78, 5) is 2.05. The monoisotopic (exact) mass is 310 g/mol. The van der Waals surface area contributed by atoms with Crippen LogP contribution in [0.2, 0.25) is 0 Å². The van der Waals surface area contributed by atoms with Crippen LogP contribution in [0.25, 0.3) is 0 Å². The van der Waals surface area contributed by atoms with E-state index >= 15 is 0 Å². The van der Waals surface area contributed by atoms with Gasteiger partial charge in [0.2, 0.25) is 0 Å². The van der Waals surface area contributed by atoms with Gasteiger partial charge in [0.15, 0.2) is 10.2 Å². The molecule has 0 spiro atoms. The minimum atomic E-state index is -0.433. The molecule has 8 heteroatoms. The van der Waals surface area contributed by atoms with E-state index in [-0.39, 0.29) is 6.04 Å². The lowest BCUT2D eigenvalue weighted by molar-refractivity contribution is 0.0886. The summed E-state index contributed by atoms with van der Waals surface area (Å²) >= 11 is 1.43. The van der Waals surface area contributed by atoms with E-state index in [2.05, 4.69) is 10.2 Å². The van der Waals surface area contributed by atoms with Crippen LogP contribution in [0.3, 0.4) is 0 Å². The Hall–Kier alpha value is -1.35. The average molecular weight is 310 g/mol. The van der Waals surface area contributed by atoms with Crippen molar-refractivity contribution in [2.75, 3.05) is 20.3 Å². The van der Waals surface area contributed by atoms with Crippen molar-refractivity contribution in [1.29, 1.82) is 0 Å². The fourth-order valence-corrected chi connectivity index (χ4v) is 3.01. The SMILES string of the molecule is CN(Cc1ccc(Sc2nncn2C)o1)[C@H]1COC[C@@H]1O. The maximum Gasteiger partial charge on any atom is 0.198 e. The molecule has 0 unspecified atom stereocenters. The molecule has 1 aliphatic heterocycles. The fraction of sp³-hybridized carbons (Fsp3) is 0.538. The Morgan fingerprint density at radius 3 is 3.00 bits per heavy atom. The lowest BCUT2D eigenvalue weighted by Gasteiger charge is -2.24. The highest BCUT2D eigenvalue weighted by molar-refractivity contribution is 7.99. The summed E-state index contributed by atoms with van der Waals surface area (Å²) in [7, 11) is 3.85. The smallest absolute Gasteiger partial charge is 0.198 e. The number of ether oxygens (including phenoxy) is 1. The lowest BCUT2D eigenvalue weighted by atomic mass is 10.2. The number of likely N-dealkylation sites (N-methyl/N-ethyl adjacent to an activating group) is 1. The molecule has 0 bridgehead atoms. The number of hydrogen-bond acceptors (Lipinski definition) is 7. The molecule has 0 amide bonds. The number of aryl methyl sites for hydroxylation is 1. The van der Waals surface area contributed by atoms with Crippen LogP contribution in [0.4, 0.5) is 0 Å². The zero-order valence-electron chi connectivity index (χ0n) is 12.0. The Bertz CT molecular complexity index is 600. The van der Waals surface area contributed by atoms with Crippen molar-refractivity contribution in [3.05, 3.63) is 24.2 Å². The van der Waals surface area contributed by atoms with Crippen molar-refractivity contribution >= 4 is 11.8 Å². The second-order valence-corrected chi connectivity index (χ2v) is 6.11. The summed E-state index contributed by atoms with van der Waals surface area (Å²) in [5.74, 6) is 0.848. The van der Waals surface area contributed by atoms with Gasteiger partial charge in [0.25, 0.3) is 0 Å². The normalized spacial score (nSPS) is 22.3. The third-order valence-electron chi connectivity index (χ3n) is 3.49. The molecule has 0 radical (unpaired) electrons. The van der Waals surface area contributed by atoms with E-state index in [9.17, 15) is 5.11 Å². The summed E-state index contributed by atoms with van der Waals surface area (Å²) in [6, 6.07) is 3.88. The van der Waals surface area contributed by atoms with Crippen molar-refractivity contribution in [2.24, 2.45) is 7.05 Å². The molecule has 3 heterocycles. The standard InChI is InChI=1S/C13H18N4O3S/c1-16(10-6-19-7-11(10)18)5-9-3-4-12(20-9)21-13-15-14-8-17(13)2/h3-4,8,10-11,18H,5-7H2,1-2H3/t10-,11-/m0/s1. The molecule has 1 fully saturated rings. The van der Waals surface area contributed by atoms with E-state index in [4.69, 9.17) is 9.15 Å². The minimum Gasteiger partial charge on any atom is -0.453 e. The molecular weight excluding hydrogens is 292 g/mol. The van der Waals surface area contributed by atoms with Crippen LogP contribution in [0, 0.1) is 0 Å². The number of nitrogens with zero attached hydrogens (tertiary/aromatic N) is 4. The van der Waals surface area contributed by atoms with Crippen LogP contribution in [-0.2, 0) is 18.3 Å². The molecular formula is C13H18N4O3S. The van der Waals surface area contributed by atoms with E-state index in [1.165, 1.54) is 11.8 Å². The Kier molecular flexibility index (Phi) is 4.29. The summed E-state index contributed by atoms with van der Waals surface area (Å²) < 4.78 is 12.9. The van der Waals surface area contributed by atoms with Gasteiger partial charge in [-0.3, -0.25) is 4.90 Å². The van der Waals surface area contributed by atoms with Crippen LogP contribution in [0.5, 0.6) is 0 Å². The first kappa shape index (κ1) is 14.6. The topological polar surface area (TPSA) is 76.6 Å². The van der Waals surface area contributed by atoms with Gasteiger partial charge in [-0.15, -0.1) is 10.2 Å². The summed E-state index contributed by atoms with van der Waals surface area (Å²) in [6.07, 6.45) is 1.22. The molecule has 114 valence electrons. The maximum absolute atomic E-state index is 9.82. The molecule has 1 N–H and O–H groups in total. The molecule has 0 aliphatic carbocycles. The molecule has 1 saturated heterocycles. The van der Waals surface area contributed by atoms with Crippen LogP contribution < -0.4 is 0 Å². The van der Waals surface area contributed by atoms with E-state index < -0.39 is 6.10 Å². The first-order chi connectivity index (χ1) is 10.1. The zero-order chi connectivity index (χ0) is 14.8.